The number of unbranched alkanes of at least 4 members (excludes halogenated alkanes) is 37. The van der Waals surface area contributed by atoms with Gasteiger partial charge in [-0.15, -0.1) is 0 Å². The molecule has 0 spiro atoms. The molecule has 0 saturated heterocycles. The summed E-state index contributed by atoms with van der Waals surface area (Å²) in [7, 11) is 5.92. The van der Waals surface area contributed by atoms with Gasteiger partial charge in [-0.2, -0.15) is 0 Å². The van der Waals surface area contributed by atoms with Gasteiger partial charge in [0.15, 0.2) is 12.4 Å². The van der Waals surface area contributed by atoms with E-state index in [9.17, 15) is 19.5 Å². The van der Waals surface area contributed by atoms with Crippen LogP contribution in [0.1, 0.15) is 348 Å². The van der Waals surface area contributed by atoms with Gasteiger partial charge < -0.3 is 33.3 Å². The van der Waals surface area contributed by atoms with E-state index < -0.39 is 24.3 Å². The van der Waals surface area contributed by atoms with Gasteiger partial charge in [0.1, 0.15) is 13.2 Å². The molecule has 9 nitrogen and oxygen atoms in total. The van der Waals surface area contributed by atoms with E-state index >= 15 is 0 Å². The minimum Gasteiger partial charge on any atom is -0.545 e. The van der Waals surface area contributed by atoms with E-state index in [2.05, 4.69) is 148 Å². The zero-order valence-electron chi connectivity index (χ0n) is 63.7. The SMILES string of the molecule is CC/C=C\C/C=C\C/C=C\C/C=C\C/C=C\C/C=C\C/C=C\C/C=C\C/C=C\C/C=C\C/C=C\CCCCCC(=O)OC(COC(=O)CCCCCCCCCCCCCCCCCCCCCCCCCCCCCCCCCCCCC)COC(OCC[N+](C)(C)C)C(=O)[O-]. The fourth-order valence-electron chi connectivity index (χ4n) is 11.3. The fourth-order valence-corrected chi connectivity index (χ4v) is 11.3. The Morgan fingerprint density at radius 2 is 0.588 bits per heavy atom. The van der Waals surface area contributed by atoms with E-state index in [0.717, 1.165) is 109 Å². The van der Waals surface area contributed by atoms with Crippen molar-refractivity contribution in [3.05, 3.63) is 134 Å². The summed E-state index contributed by atoms with van der Waals surface area (Å²) in [6.45, 7) is 4.63. The number of rotatable bonds is 74. The van der Waals surface area contributed by atoms with Crippen molar-refractivity contribution in [3.8, 4) is 0 Å². The summed E-state index contributed by atoms with van der Waals surface area (Å²) in [5.41, 5.74) is 0. The summed E-state index contributed by atoms with van der Waals surface area (Å²) in [5.74, 6) is -2.32. The predicted molar refractivity (Wildman–Crippen MR) is 416 cm³/mol. The van der Waals surface area contributed by atoms with Gasteiger partial charge in [-0.25, -0.2) is 0 Å². The third-order valence-corrected chi connectivity index (χ3v) is 17.4. The first-order valence-corrected chi connectivity index (χ1v) is 40.3. The average molecular weight is 1350 g/mol. The predicted octanol–water partition coefficient (Wildman–Crippen LogP) is 24.7. The molecular formula is C88H151NO8. The Labute approximate surface area is 599 Å². The number of hydrogen-bond acceptors (Lipinski definition) is 8. The summed E-state index contributed by atoms with van der Waals surface area (Å²) in [6, 6.07) is 0. The maximum atomic E-state index is 13.0. The molecule has 2 atom stereocenters. The smallest absolute Gasteiger partial charge is 0.306 e. The lowest BCUT2D eigenvalue weighted by molar-refractivity contribution is -0.870. The number of hydrogen-bond donors (Lipinski definition) is 0. The van der Waals surface area contributed by atoms with Crippen molar-refractivity contribution in [2.45, 2.75) is 360 Å². The summed E-state index contributed by atoms with van der Waals surface area (Å²) in [4.78, 5) is 37.6. The van der Waals surface area contributed by atoms with Crippen molar-refractivity contribution in [2.75, 3.05) is 47.5 Å². The number of carbonyl (C=O) groups excluding carboxylic acids is 3. The quantitative estimate of drug-likeness (QED) is 0.0195. The summed E-state index contributed by atoms with van der Waals surface area (Å²) < 4.78 is 22.8. The summed E-state index contributed by atoms with van der Waals surface area (Å²) >= 11 is 0. The molecule has 556 valence electrons. The van der Waals surface area contributed by atoms with Crippen molar-refractivity contribution < 1.29 is 42.9 Å². The second-order valence-corrected chi connectivity index (χ2v) is 28.0. The lowest BCUT2D eigenvalue weighted by Crippen LogP contribution is -2.44. The first kappa shape index (κ1) is 92.4. The first-order chi connectivity index (χ1) is 47.6. The molecule has 0 rings (SSSR count). The second kappa shape index (κ2) is 77.2. The number of esters is 2. The lowest BCUT2D eigenvalue weighted by atomic mass is 10.0. The maximum Gasteiger partial charge on any atom is 0.306 e. The van der Waals surface area contributed by atoms with Gasteiger partial charge >= 0.3 is 11.9 Å². The van der Waals surface area contributed by atoms with Gasteiger partial charge in [0.2, 0.25) is 0 Å². The Morgan fingerprint density at radius 1 is 0.320 bits per heavy atom. The second-order valence-electron chi connectivity index (χ2n) is 28.0. The summed E-state index contributed by atoms with van der Waals surface area (Å²) in [5, 5.41) is 11.9. The van der Waals surface area contributed by atoms with E-state index in [1.165, 1.54) is 205 Å². The molecule has 0 fully saturated rings. The number of carboxylic acids is 1. The number of aliphatic carboxylic acids is 1. The number of likely N-dealkylation sites (N-methyl/N-ethyl adjacent to an activating group) is 1. The van der Waals surface area contributed by atoms with Crippen LogP contribution in [0.3, 0.4) is 0 Å². The molecule has 0 radical (unpaired) electrons. The number of allylic oxidation sites excluding steroid dienone is 22. The molecule has 0 saturated carbocycles. The van der Waals surface area contributed by atoms with Gasteiger partial charge in [0, 0.05) is 12.8 Å². The molecule has 0 N–H and O–H groups in total. The van der Waals surface area contributed by atoms with Gasteiger partial charge in [-0.3, -0.25) is 9.59 Å². The number of nitrogens with zero attached hydrogens (tertiary/aromatic N) is 1. The van der Waals surface area contributed by atoms with Gasteiger partial charge in [0.05, 0.1) is 40.3 Å². The molecule has 0 amide bonds. The van der Waals surface area contributed by atoms with Gasteiger partial charge in [-0.1, -0.05) is 372 Å². The topological polar surface area (TPSA) is 111 Å². The molecule has 0 aromatic carbocycles. The number of carboxylic acid groups (broad SMARTS) is 1. The molecule has 9 heteroatoms. The molecule has 0 aromatic rings. The Bertz CT molecular complexity index is 2060. The van der Waals surface area contributed by atoms with Crippen LogP contribution in [-0.2, 0) is 33.3 Å². The van der Waals surface area contributed by atoms with Crippen molar-refractivity contribution in [1.82, 2.24) is 0 Å². The van der Waals surface area contributed by atoms with Crippen LogP contribution in [0.25, 0.3) is 0 Å². The third kappa shape index (κ3) is 78.6. The monoisotopic (exact) mass is 1350 g/mol. The molecule has 2 unspecified atom stereocenters. The van der Waals surface area contributed by atoms with E-state index in [4.69, 9.17) is 18.9 Å². The Hall–Kier alpha value is -4.57. The molecule has 0 aliphatic carbocycles. The van der Waals surface area contributed by atoms with Crippen LogP contribution in [0, 0.1) is 0 Å². The van der Waals surface area contributed by atoms with Crippen LogP contribution in [0.5, 0.6) is 0 Å². The van der Waals surface area contributed by atoms with Crippen LogP contribution in [0.2, 0.25) is 0 Å². The van der Waals surface area contributed by atoms with E-state index in [1.54, 1.807) is 0 Å². The molecule has 0 heterocycles. The molecule has 97 heavy (non-hydrogen) atoms. The van der Waals surface area contributed by atoms with E-state index in [-0.39, 0.29) is 38.6 Å². The van der Waals surface area contributed by atoms with E-state index in [0.29, 0.717) is 17.4 Å². The van der Waals surface area contributed by atoms with Crippen molar-refractivity contribution in [2.24, 2.45) is 0 Å². The van der Waals surface area contributed by atoms with Crippen LogP contribution < -0.4 is 5.11 Å². The first-order valence-electron chi connectivity index (χ1n) is 40.3. The Balaban J connectivity index is 4.12. The normalized spacial score (nSPS) is 13.4. The third-order valence-electron chi connectivity index (χ3n) is 17.4. The lowest BCUT2D eigenvalue weighted by Gasteiger charge is -2.26. The van der Waals surface area contributed by atoms with Crippen LogP contribution >= 0.6 is 0 Å². The van der Waals surface area contributed by atoms with Crippen molar-refractivity contribution >= 4 is 17.9 Å². The van der Waals surface area contributed by atoms with Gasteiger partial charge in [0.25, 0.3) is 0 Å². The van der Waals surface area contributed by atoms with Gasteiger partial charge in [-0.05, 0) is 96.3 Å². The largest absolute Gasteiger partial charge is 0.545 e. The highest BCUT2D eigenvalue weighted by Gasteiger charge is 2.22. The Morgan fingerprint density at radius 3 is 0.876 bits per heavy atom. The van der Waals surface area contributed by atoms with Crippen molar-refractivity contribution in [3.63, 3.8) is 0 Å². The highest BCUT2D eigenvalue weighted by molar-refractivity contribution is 5.70. The van der Waals surface area contributed by atoms with Crippen LogP contribution in [0.15, 0.2) is 134 Å². The average Bonchev–Trinajstić information content (AvgIpc) is 3.11. The zero-order chi connectivity index (χ0) is 70.4. The molecule has 0 aliphatic heterocycles. The van der Waals surface area contributed by atoms with E-state index in [1.807, 2.05) is 21.1 Å². The molecular weight excluding hydrogens is 1200 g/mol. The van der Waals surface area contributed by atoms with Crippen LogP contribution in [-0.4, -0.2) is 82.3 Å². The fraction of sp³-hybridized carbons (Fsp3) is 0.716. The van der Waals surface area contributed by atoms with Crippen LogP contribution in [0.4, 0.5) is 0 Å². The minimum atomic E-state index is -1.64. The standard InChI is InChI=1S/C88H151NO8/c1-6-8-10-12-14-16-18-20-22-24-26-28-30-32-34-36-38-40-42-43-45-47-49-51-53-55-57-59-61-63-65-67-69-71-73-75-77-79-86(91)97-84(83-96-88(87(92)93)94-81-80-89(3,4)5)82-95-85(90)78-76-74-72-70-68-66-64-62-60-58-56-54-52-50-48-46-44-41-39-37-35-33-31-29-27-25-23-21-19-17-15-13-11-9-7-2/h8,10,14,16,20,22,26,28,32,34,38,40,43,45,49,51,55,57,61,63,67,69,84,88H,6-7,9,11-13,15,17-19,21,23-25,27,29-31,33,35-37,39,41-42,44,46-48,50,52-54,56,58-60,62,64-66,68,70-83H2,1-5H3/b10-8-,16-14-,22-20-,28-26-,34-32-,40-38-,45-43-,51-49-,57-55-,63-61-,69-67-. The number of quaternary nitrogens is 1. The highest BCUT2D eigenvalue weighted by atomic mass is 16.7. The minimum absolute atomic E-state index is 0.136. The van der Waals surface area contributed by atoms with Crippen molar-refractivity contribution in [1.29, 1.82) is 0 Å². The Kier molecular flexibility index (Phi) is 73.5. The maximum absolute atomic E-state index is 13.0. The molecule has 0 aliphatic rings. The number of carbonyl (C=O) groups is 3. The summed E-state index contributed by atoms with van der Waals surface area (Å²) in [6.07, 6.45) is 109. The molecule has 0 bridgehead atoms. The highest BCUT2D eigenvalue weighted by Crippen LogP contribution is 2.19. The molecule has 0 aromatic heterocycles. The zero-order valence-corrected chi connectivity index (χ0v) is 63.7. The number of ether oxygens (including phenoxy) is 4.